The predicted molar refractivity (Wildman–Crippen MR) is 147 cm³/mol. The van der Waals surface area contributed by atoms with Crippen molar-refractivity contribution in [1.82, 2.24) is 0 Å². The minimum atomic E-state index is -1.44. The maximum atomic E-state index is 12.6. The molecule has 8 unspecified atom stereocenters. The van der Waals surface area contributed by atoms with Crippen molar-refractivity contribution in [2.75, 3.05) is 0 Å². The summed E-state index contributed by atoms with van der Waals surface area (Å²) < 4.78 is 11.1. The molecule has 9 nitrogen and oxygen atoms in total. The SMILES string of the molecule is CC(=O)OC1/C=C/C(C)C(/C(C)=C/C=C/C(C)CC(O)/C=C(\C)C(=O)C(C)O)OC(=O)CC(O)CCC1(C)O. The summed E-state index contributed by atoms with van der Waals surface area (Å²) in [6.07, 6.45) is 5.99. The van der Waals surface area contributed by atoms with Crippen LogP contribution in [0.5, 0.6) is 0 Å². The Labute approximate surface area is 231 Å². The van der Waals surface area contributed by atoms with Gasteiger partial charge in [0.2, 0.25) is 0 Å². The molecule has 0 spiro atoms. The number of Topliss-reactive ketones (excluding diaryl/α,β-unsaturated/α-hetero) is 1. The Bertz CT molecular complexity index is 957. The molecule has 0 amide bonds. The first-order chi connectivity index (χ1) is 18.0. The molecule has 1 heterocycles. The fraction of sp³-hybridized carbons (Fsp3) is 0.633. The first-order valence-corrected chi connectivity index (χ1v) is 13.4. The number of ketones is 1. The molecule has 9 heteroatoms. The van der Waals surface area contributed by atoms with Crippen LogP contribution in [-0.2, 0) is 23.9 Å². The minimum absolute atomic E-state index is 0.0483. The molecule has 8 atom stereocenters. The smallest absolute Gasteiger partial charge is 0.309 e. The van der Waals surface area contributed by atoms with E-state index in [1.165, 1.54) is 26.8 Å². The molecular formula is C30H46O9. The summed E-state index contributed by atoms with van der Waals surface area (Å²) >= 11 is 0. The number of aliphatic hydroxyl groups excluding tert-OH is 3. The zero-order chi connectivity index (χ0) is 29.9. The van der Waals surface area contributed by atoms with Crippen molar-refractivity contribution in [2.45, 2.75) is 110 Å². The van der Waals surface area contributed by atoms with E-state index in [4.69, 9.17) is 9.47 Å². The van der Waals surface area contributed by atoms with Crippen LogP contribution >= 0.6 is 0 Å². The van der Waals surface area contributed by atoms with Crippen LogP contribution in [0.2, 0.25) is 0 Å². The third-order valence-corrected chi connectivity index (χ3v) is 6.69. The standard InChI is InChI=1S/C30H46O9/c1-18(15-25(34)16-21(4)28(36)22(5)31)9-8-10-19(2)29-20(3)11-12-26(38-23(6)32)30(7,37)14-13-24(33)17-27(35)39-29/h8-12,16,18,20,22,24-26,29,31,33-34,37H,13-15,17H2,1-7H3/b9-8+,12-11+,19-10+,21-16+. The molecule has 1 rings (SSSR count). The highest BCUT2D eigenvalue weighted by molar-refractivity contribution is 5.97. The number of esters is 2. The fourth-order valence-electron chi connectivity index (χ4n) is 4.35. The second kappa shape index (κ2) is 15.9. The van der Waals surface area contributed by atoms with Gasteiger partial charge in [-0.1, -0.05) is 38.2 Å². The lowest BCUT2D eigenvalue weighted by Gasteiger charge is -2.32. The number of cyclic esters (lactones) is 1. The largest absolute Gasteiger partial charge is 0.457 e. The molecule has 1 aliphatic rings. The van der Waals surface area contributed by atoms with Gasteiger partial charge in [-0.05, 0) is 76.2 Å². The molecule has 0 aromatic heterocycles. The molecule has 4 N–H and O–H groups in total. The highest BCUT2D eigenvalue weighted by Crippen LogP contribution is 2.27. The topological polar surface area (TPSA) is 151 Å². The zero-order valence-electron chi connectivity index (χ0n) is 24.2. The number of ether oxygens (including phenoxy) is 2. The Morgan fingerprint density at radius 3 is 2.44 bits per heavy atom. The zero-order valence-corrected chi connectivity index (χ0v) is 24.2. The van der Waals surface area contributed by atoms with Gasteiger partial charge in [-0.3, -0.25) is 14.4 Å². The number of rotatable bonds is 9. The monoisotopic (exact) mass is 550 g/mol. The molecule has 220 valence electrons. The third-order valence-electron chi connectivity index (χ3n) is 6.69. The summed E-state index contributed by atoms with van der Waals surface area (Å²) in [7, 11) is 0. The third kappa shape index (κ3) is 12.4. The van der Waals surface area contributed by atoms with Crippen molar-refractivity contribution in [2.24, 2.45) is 11.8 Å². The summed E-state index contributed by atoms with van der Waals surface area (Å²) in [5.41, 5.74) is -0.406. The maximum Gasteiger partial charge on any atom is 0.309 e. The average molecular weight is 551 g/mol. The Balaban J connectivity index is 3.09. The Kier molecular flexibility index (Phi) is 14.0. The summed E-state index contributed by atoms with van der Waals surface area (Å²) in [5, 5.41) is 40.9. The van der Waals surface area contributed by atoms with E-state index in [0.29, 0.717) is 12.0 Å². The molecule has 0 fully saturated rings. The van der Waals surface area contributed by atoms with Crippen molar-refractivity contribution in [3.63, 3.8) is 0 Å². The molecule has 39 heavy (non-hydrogen) atoms. The van der Waals surface area contributed by atoms with Crippen molar-refractivity contribution < 1.29 is 44.3 Å². The molecule has 0 aliphatic carbocycles. The van der Waals surface area contributed by atoms with Crippen LogP contribution < -0.4 is 0 Å². The van der Waals surface area contributed by atoms with Crippen LogP contribution in [0, 0.1) is 11.8 Å². The summed E-state index contributed by atoms with van der Waals surface area (Å²) in [6.45, 7) is 11.3. The number of carbonyl (C=O) groups is 3. The summed E-state index contributed by atoms with van der Waals surface area (Å²) in [4.78, 5) is 36.0. The highest BCUT2D eigenvalue weighted by Gasteiger charge is 2.35. The van der Waals surface area contributed by atoms with E-state index in [1.54, 1.807) is 31.2 Å². The van der Waals surface area contributed by atoms with Gasteiger partial charge in [0.05, 0.1) is 18.6 Å². The van der Waals surface area contributed by atoms with Crippen LogP contribution in [0.3, 0.4) is 0 Å². The van der Waals surface area contributed by atoms with Crippen LogP contribution in [0.25, 0.3) is 0 Å². The van der Waals surface area contributed by atoms with Crippen molar-refractivity contribution in [1.29, 1.82) is 0 Å². The second-order valence-corrected chi connectivity index (χ2v) is 10.9. The first kappa shape index (κ1) is 34.4. The van der Waals surface area contributed by atoms with Crippen LogP contribution in [0.4, 0.5) is 0 Å². The molecule has 1 aliphatic heterocycles. The van der Waals surface area contributed by atoms with Crippen molar-refractivity contribution in [3.05, 3.63) is 47.6 Å². The molecule has 0 saturated carbocycles. The van der Waals surface area contributed by atoms with E-state index in [9.17, 15) is 34.8 Å². The normalized spacial score (nSPS) is 30.9. The van der Waals surface area contributed by atoms with Gasteiger partial charge >= 0.3 is 11.9 Å². The first-order valence-electron chi connectivity index (χ1n) is 13.4. The predicted octanol–water partition coefficient (Wildman–Crippen LogP) is 3.10. The quantitative estimate of drug-likeness (QED) is 0.147. The van der Waals surface area contributed by atoms with E-state index in [0.717, 1.165) is 5.57 Å². The number of hydrogen-bond donors (Lipinski definition) is 4. The molecule has 0 bridgehead atoms. The second-order valence-electron chi connectivity index (χ2n) is 10.9. The molecule has 0 aromatic carbocycles. The van der Waals surface area contributed by atoms with Gasteiger partial charge in [-0.2, -0.15) is 0 Å². The van der Waals surface area contributed by atoms with E-state index in [1.807, 2.05) is 26.8 Å². The van der Waals surface area contributed by atoms with Gasteiger partial charge in [0.15, 0.2) is 5.78 Å². The van der Waals surface area contributed by atoms with E-state index in [-0.39, 0.29) is 31.1 Å². The highest BCUT2D eigenvalue weighted by atomic mass is 16.6. The van der Waals surface area contributed by atoms with Crippen LogP contribution in [0.15, 0.2) is 47.6 Å². The average Bonchev–Trinajstić information content (AvgIpc) is 2.81. The number of hydrogen-bond acceptors (Lipinski definition) is 9. The summed E-state index contributed by atoms with van der Waals surface area (Å²) in [5.74, 6) is -1.93. The van der Waals surface area contributed by atoms with Gasteiger partial charge in [-0.25, -0.2) is 0 Å². The van der Waals surface area contributed by atoms with Crippen LogP contribution in [-0.4, -0.2) is 74.3 Å². The number of allylic oxidation sites excluding steroid dienone is 3. The maximum absolute atomic E-state index is 12.6. The number of aliphatic hydroxyl groups is 4. The van der Waals surface area contributed by atoms with Crippen molar-refractivity contribution in [3.8, 4) is 0 Å². The lowest BCUT2D eigenvalue weighted by molar-refractivity contribution is -0.157. The van der Waals surface area contributed by atoms with Gasteiger partial charge in [-0.15, -0.1) is 0 Å². The Hall–Kier alpha value is -2.59. The molecule has 0 radical (unpaired) electrons. The van der Waals surface area contributed by atoms with E-state index < -0.39 is 53.8 Å². The van der Waals surface area contributed by atoms with Gasteiger partial charge in [0.1, 0.15) is 23.9 Å². The Morgan fingerprint density at radius 1 is 1.21 bits per heavy atom. The van der Waals surface area contributed by atoms with Crippen molar-refractivity contribution >= 4 is 17.7 Å². The fourth-order valence-corrected chi connectivity index (χ4v) is 4.35. The van der Waals surface area contributed by atoms with Gasteiger partial charge in [0.25, 0.3) is 0 Å². The van der Waals surface area contributed by atoms with Gasteiger partial charge in [0, 0.05) is 12.8 Å². The molecule has 0 saturated heterocycles. The lowest BCUT2D eigenvalue weighted by Crippen LogP contribution is -2.42. The van der Waals surface area contributed by atoms with Crippen LogP contribution in [0.1, 0.15) is 74.1 Å². The lowest BCUT2D eigenvalue weighted by atomic mass is 9.88. The Morgan fingerprint density at radius 2 is 1.85 bits per heavy atom. The minimum Gasteiger partial charge on any atom is -0.457 e. The molecular weight excluding hydrogens is 504 g/mol. The van der Waals surface area contributed by atoms with E-state index in [2.05, 4.69) is 0 Å². The van der Waals surface area contributed by atoms with Gasteiger partial charge < -0.3 is 29.9 Å². The molecule has 0 aromatic rings. The number of carbonyl (C=O) groups excluding carboxylic acids is 3. The van der Waals surface area contributed by atoms with E-state index >= 15 is 0 Å². The summed E-state index contributed by atoms with van der Waals surface area (Å²) in [6, 6.07) is 0.